The molecule has 0 aliphatic rings. The Labute approximate surface area is 129 Å². The predicted octanol–water partition coefficient (Wildman–Crippen LogP) is 3.65. The van der Waals surface area contributed by atoms with E-state index in [2.05, 4.69) is 5.32 Å². The molecule has 1 amide bonds. The van der Waals surface area contributed by atoms with Crippen LogP contribution in [0.25, 0.3) is 6.08 Å². The Morgan fingerprint density at radius 3 is 2.50 bits per heavy atom. The lowest BCUT2D eigenvalue weighted by Crippen LogP contribution is -2.08. The molecule has 0 aromatic heterocycles. The number of amides is 1. The van der Waals surface area contributed by atoms with Crippen LogP contribution in [0.15, 0.2) is 48.5 Å². The first kappa shape index (κ1) is 15.5. The molecular formula is C18H17NO3. The molecule has 2 aromatic rings. The van der Waals surface area contributed by atoms with Crippen LogP contribution >= 0.6 is 0 Å². The zero-order valence-electron chi connectivity index (χ0n) is 12.5. The molecule has 0 heterocycles. The van der Waals surface area contributed by atoms with Crippen molar-refractivity contribution in [1.29, 1.82) is 0 Å². The van der Waals surface area contributed by atoms with E-state index >= 15 is 0 Å². The number of hydrogen-bond acceptors (Lipinski definition) is 2. The fourth-order valence-corrected chi connectivity index (χ4v) is 1.95. The van der Waals surface area contributed by atoms with Gasteiger partial charge in [0.15, 0.2) is 0 Å². The minimum Gasteiger partial charge on any atom is -0.478 e. The summed E-state index contributed by atoms with van der Waals surface area (Å²) in [5.41, 5.74) is 3.90. The van der Waals surface area contributed by atoms with Gasteiger partial charge in [-0.2, -0.15) is 0 Å². The van der Waals surface area contributed by atoms with E-state index in [1.165, 1.54) is 23.8 Å². The maximum atomic E-state index is 11.9. The lowest BCUT2D eigenvalue weighted by molar-refractivity contribution is -0.111. The molecule has 0 unspecified atom stereocenters. The highest BCUT2D eigenvalue weighted by molar-refractivity contribution is 6.02. The zero-order chi connectivity index (χ0) is 16.1. The highest BCUT2D eigenvalue weighted by Gasteiger charge is 2.04. The van der Waals surface area contributed by atoms with E-state index in [1.54, 1.807) is 18.2 Å². The van der Waals surface area contributed by atoms with Crippen molar-refractivity contribution in [3.05, 3.63) is 70.8 Å². The zero-order valence-corrected chi connectivity index (χ0v) is 12.5. The van der Waals surface area contributed by atoms with E-state index in [0.717, 1.165) is 11.1 Å². The van der Waals surface area contributed by atoms with Gasteiger partial charge >= 0.3 is 5.97 Å². The van der Waals surface area contributed by atoms with Crippen molar-refractivity contribution in [1.82, 2.24) is 0 Å². The Balaban J connectivity index is 2.06. The average Bonchev–Trinajstić information content (AvgIpc) is 2.49. The van der Waals surface area contributed by atoms with E-state index in [0.29, 0.717) is 5.69 Å². The number of hydrogen-bond donors (Lipinski definition) is 2. The first-order valence-electron chi connectivity index (χ1n) is 6.85. The van der Waals surface area contributed by atoms with Gasteiger partial charge in [0.25, 0.3) is 0 Å². The maximum Gasteiger partial charge on any atom is 0.335 e. The van der Waals surface area contributed by atoms with Gasteiger partial charge in [0.05, 0.1) is 5.56 Å². The highest BCUT2D eigenvalue weighted by Crippen LogP contribution is 2.13. The molecule has 0 radical (unpaired) electrons. The molecule has 0 saturated carbocycles. The van der Waals surface area contributed by atoms with Gasteiger partial charge in [-0.1, -0.05) is 24.3 Å². The number of carbonyl (C=O) groups is 2. The van der Waals surface area contributed by atoms with Gasteiger partial charge in [-0.3, -0.25) is 4.79 Å². The predicted molar refractivity (Wildman–Crippen MR) is 87.0 cm³/mol. The number of carboxylic acid groups (broad SMARTS) is 1. The molecule has 4 nitrogen and oxygen atoms in total. The molecule has 0 saturated heterocycles. The summed E-state index contributed by atoms with van der Waals surface area (Å²) >= 11 is 0. The second-order valence-electron chi connectivity index (χ2n) is 5.05. The van der Waals surface area contributed by atoms with Crippen LogP contribution in [0.3, 0.4) is 0 Å². The Kier molecular flexibility index (Phi) is 4.73. The molecule has 0 aliphatic carbocycles. The van der Waals surface area contributed by atoms with Crippen LogP contribution < -0.4 is 5.32 Å². The molecule has 112 valence electrons. The Hall–Kier alpha value is -2.88. The van der Waals surface area contributed by atoms with Crippen molar-refractivity contribution < 1.29 is 14.7 Å². The van der Waals surface area contributed by atoms with Crippen LogP contribution in [0.4, 0.5) is 5.69 Å². The fraction of sp³-hybridized carbons (Fsp3) is 0.111. The van der Waals surface area contributed by atoms with Crippen LogP contribution in [-0.2, 0) is 4.79 Å². The summed E-state index contributed by atoms with van der Waals surface area (Å²) in [6, 6.07) is 12.1. The standard InChI is InChI=1S/C18H17NO3/c1-12-6-7-14(10-13(12)2)8-9-17(20)19-16-5-3-4-15(11-16)18(21)22/h3-11H,1-2H3,(H,19,20)(H,21,22)/b9-8+. The van der Waals surface area contributed by atoms with Gasteiger partial charge in [-0.15, -0.1) is 0 Å². The summed E-state index contributed by atoms with van der Waals surface area (Å²) in [4.78, 5) is 22.8. The van der Waals surface area contributed by atoms with E-state index in [9.17, 15) is 9.59 Å². The van der Waals surface area contributed by atoms with Gasteiger partial charge in [0, 0.05) is 11.8 Å². The maximum absolute atomic E-state index is 11.9. The first-order chi connectivity index (χ1) is 10.5. The summed E-state index contributed by atoms with van der Waals surface area (Å²) in [6.07, 6.45) is 3.15. The number of carboxylic acids is 1. The molecular weight excluding hydrogens is 278 g/mol. The minimum absolute atomic E-state index is 0.135. The number of benzene rings is 2. The molecule has 4 heteroatoms. The van der Waals surface area contributed by atoms with Gasteiger partial charge in [-0.25, -0.2) is 4.79 Å². The lowest BCUT2D eigenvalue weighted by atomic mass is 10.1. The van der Waals surface area contributed by atoms with Gasteiger partial charge in [0.2, 0.25) is 5.91 Å². The van der Waals surface area contributed by atoms with Crippen molar-refractivity contribution in [2.45, 2.75) is 13.8 Å². The highest BCUT2D eigenvalue weighted by atomic mass is 16.4. The molecule has 0 fully saturated rings. The summed E-state index contributed by atoms with van der Waals surface area (Å²) < 4.78 is 0. The van der Waals surface area contributed by atoms with Crippen molar-refractivity contribution in [2.24, 2.45) is 0 Å². The number of rotatable bonds is 4. The number of anilines is 1. The third-order valence-electron chi connectivity index (χ3n) is 3.34. The summed E-state index contributed by atoms with van der Waals surface area (Å²) in [6.45, 7) is 4.05. The average molecular weight is 295 g/mol. The first-order valence-corrected chi connectivity index (χ1v) is 6.85. The minimum atomic E-state index is -1.03. The SMILES string of the molecule is Cc1ccc(/C=C/C(=O)Nc2cccc(C(=O)O)c2)cc1C. The van der Waals surface area contributed by atoms with Crippen molar-refractivity contribution in [3.63, 3.8) is 0 Å². The monoisotopic (exact) mass is 295 g/mol. The van der Waals surface area contributed by atoms with Crippen LogP contribution in [-0.4, -0.2) is 17.0 Å². The smallest absolute Gasteiger partial charge is 0.335 e. The Morgan fingerprint density at radius 2 is 1.82 bits per heavy atom. The summed E-state index contributed by atoms with van der Waals surface area (Å²) in [7, 11) is 0. The van der Waals surface area contributed by atoms with Gasteiger partial charge in [-0.05, 0) is 54.8 Å². The van der Waals surface area contributed by atoms with Crippen LogP contribution in [0.5, 0.6) is 0 Å². The molecule has 22 heavy (non-hydrogen) atoms. The fourth-order valence-electron chi connectivity index (χ4n) is 1.95. The second kappa shape index (κ2) is 6.72. The third-order valence-corrected chi connectivity index (χ3v) is 3.34. The largest absolute Gasteiger partial charge is 0.478 e. The Bertz CT molecular complexity index is 748. The van der Waals surface area contributed by atoms with Gasteiger partial charge < -0.3 is 10.4 Å². The molecule has 0 aliphatic heterocycles. The van der Waals surface area contributed by atoms with Crippen molar-refractivity contribution in [2.75, 3.05) is 5.32 Å². The second-order valence-corrected chi connectivity index (χ2v) is 5.05. The lowest BCUT2D eigenvalue weighted by Gasteiger charge is -2.03. The number of aromatic carboxylic acids is 1. The summed E-state index contributed by atoms with van der Waals surface area (Å²) in [5, 5.41) is 11.6. The molecule has 0 bridgehead atoms. The van der Waals surface area contributed by atoms with Crippen LogP contribution in [0.1, 0.15) is 27.0 Å². The van der Waals surface area contributed by atoms with E-state index < -0.39 is 5.97 Å². The van der Waals surface area contributed by atoms with Crippen LogP contribution in [0.2, 0.25) is 0 Å². The van der Waals surface area contributed by atoms with Crippen LogP contribution in [0, 0.1) is 13.8 Å². The Morgan fingerprint density at radius 1 is 1.05 bits per heavy atom. The molecule has 0 atom stereocenters. The third kappa shape index (κ3) is 4.06. The normalized spacial score (nSPS) is 10.6. The molecule has 0 spiro atoms. The van der Waals surface area contributed by atoms with Gasteiger partial charge in [0.1, 0.15) is 0 Å². The molecule has 2 rings (SSSR count). The summed E-state index contributed by atoms with van der Waals surface area (Å²) in [5.74, 6) is -1.33. The quantitative estimate of drug-likeness (QED) is 0.846. The molecule has 2 N–H and O–H groups in total. The van der Waals surface area contributed by atoms with Crippen molar-refractivity contribution in [3.8, 4) is 0 Å². The van der Waals surface area contributed by atoms with E-state index in [-0.39, 0.29) is 11.5 Å². The molecule has 2 aromatic carbocycles. The van der Waals surface area contributed by atoms with Crippen molar-refractivity contribution >= 4 is 23.6 Å². The van der Waals surface area contributed by atoms with E-state index in [4.69, 9.17) is 5.11 Å². The number of nitrogens with one attached hydrogen (secondary N) is 1. The number of carbonyl (C=O) groups excluding carboxylic acids is 1. The number of aryl methyl sites for hydroxylation is 2. The topological polar surface area (TPSA) is 66.4 Å². The van der Waals surface area contributed by atoms with E-state index in [1.807, 2.05) is 32.0 Å².